The minimum atomic E-state index is -1.38. The van der Waals surface area contributed by atoms with Crippen LogP contribution in [-0.4, -0.2) is 53.1 Å². The minimum Gasteiger partial charge on any atom is -0.450 e. The first kappa shape index (κ1) is 54.6. The van der Waals surface area contributed by atoms with E-state index in [2.05, 4.69) is 10.6 Å². The standard InChI is InChI=1S/C27H25ClN2O5.C26H25ClN2O3.Cl3P/c1-16-6-3-4-7-20(16)25(31)29-19-10-11-21(17(2)14-19)26(32)30-13-5-8-24(35-27(33)34)22-15-18(28)9-12-23(22)30;1-16-6-3-4-7-20(16)25(31)28-19-10-11-21(17(2)14-19)26(32)29-13-5-8-24(30)22-15-18(27)9-12-23(22)29;1-4(2)3/h3-4,6-7,9-12,14-15,24H,5,8,13H2,1-2H3,(H,29,31)(H,33,34);3-4,6-7,9-12,14-15,24,30H,5,8,13H2,1-2H3,(H,28,31);. The molecule has 0 aliphatic carbocycles. The van der Waals surface area contributed by atoms with Crippen molar-refractivity contribution in [3.8, 4) is 0 Å². The Morgan fingerprint density at radius 2 is 0.986 bits per heavy atom. The van der Waals surface area contributed by atoms with Gasteiger partial charge in [0.1, 0.15) is 6.10 Å². The number of fused-ring (bicyclic) bond motifs is 2. The first-order valence-electron chi connectivity index (χ1n) is 22.4. The van der Waals surface area contributed by atoms with Crippen molar-refractivity contribution in [2.75, 3.05) is 33.5 Å². The molecule has 2 aliphatic rings. The minimum absolute atomic E-state index is 0.142. The lowest BCUT2D eigenvalue weighted by molar-refractivity contribution is 0.0479. The van der Waals surface area contributed by atoms with Gasteiger partial charge < -0.3 is 35.4 Å². The first-order valence-corrected chi connectivity index (χ1v) is 27.2. The molecular weight excluding hydrogens is 1030 g/mol. The first-order chi connectivity index (χ1) is 33.8. The predicted octanol–water partition coefficient (Wildman–Crippen LogP) is 15.0. The number of carbonyl (C=O) groups is 5. The fourth-order valence-electron chi connectivity index (χ4n) is 8.47. The molecule has 370 valence electrons. The summed E-state index contributed by atoms with van der Waals surface area (Å²) in [5, 5.41) is 26.4. The maximum absolute atomic E-state index is 13.6. The molecule has 4 amide bonds. The summed E-state index contributed by atoms with van der Waals surface area (Å²) in [5.74, 6) is -1.97. The number of halogens is 5. The Morgan fingerprint density at radius 3 is 1.42 bits per heavy atom. The number of nitrogens with zero attached hydrogens (tertiary/aromatic N) is 2. The number of aliphatic hydroxyl groups excluding tert-OH is 1. The second-order valence-corrected chi connectivity index (χ2v) is 22.6. The number of hydrogen-bond donors (Lipinski definition) is 4. The van der Waals surface area contributed by atoms with Crippen LogP contribution in [-0.2, 0) is 4.74 Å². The third-order valence-corrected chi connectivity index (χ3v) is 12.4. The number of ether oxygens (including phenoxy) is 1. The zero-order valence-electron chi connectivity index (χ0n) is 39.0. The zero-order chi connectivity index (χ0) is 51.5. The van der Waals surface area contributed by atoms with Gasteiger partial charge in [0, 0.05) is 73.6 Å². The Hall–Kier alpha value is -5.69. The summed E-state index contributed by atoms with van der Waals surface area (Å²) in [7, 11) is 0. The van der Waals surface area contributed by atoms with Crippen LogP contribution >= 0.6 is 62.9 Å². The summed E-state index contributed by atoms with van der Waals surface area (Å²) in [6, 6.07) is 35.4. The fraction of sp³-hybridized carbons (Fsp3) is 0.226. The van der Waals surface area contributed by atoms with Crippen molar-refractivity contribution in [2.24, 2.45) is 0 Å². The summed E-state index contributed by atoms with van der Waals surface area (Å²) in [6.45, 7) is 8.35. The molecule has 2 atom stereocenters. The van der Waals surface area contributed by atoms with Gasteiger partial charge in [0.15, 0.2) is 5.98 Å². The number of aliphatic hydroxyl groups is 1. The van der Waals surface area contributed by atoms with Gasteiger partial charge in [0.25, 0.3) is 23.6 Å². The number of rotatable bonds is 7. The van der Waals surface area contributed by atoms with Crippen LogP contribution < -0.4 is 20.4 Å². The van der Waals surface area contributed by atoms with Crippen LogP contribution in [0.2, 0.25) is 10.0 Å². The molecule has 0 aromatic heterocycles. The van der Waals surface area contributed by atoms with E-state index >= 15 is 0 Å². The van der Waals surface area contributed by atoms with E-state index in [1.165, 1.54) is 0 Å². The van der Waals surface area contributed by atoms with E-state index in [9.17, 15) is 29.1 Å². The fourth-order valence-corrected chi connectivity index (χ4v) is 8.83. The number of carboxylic acid groups (broad SMARTS) is 1. The van der Waals surface area contributed by atoms with Gasteiger partial charge in [0.05, 0.1) is 11.8 Å². The molecule has 2 aliphatic heterocycles. The molecule has 6 aromatic carbocycles. The van der Waals surface area contributed by atoms with Crippen LogP contribution in [0.5, 0.6) is 0 Å². The Balaban J connectivity index is 0.000000217. The molecule has 6 aromatic rings. The van der Waals surface area contributed by atoms with Crippen LogP contribution in [0, 0.1) is 27.7 Å². The van der Waals surface area contributed by atoms with Crippen LogP contribution in [0.1, 0.15) is 113 Å². The van der Waals surface area contributed by atoms with E-state index in [-0.39, 0.29) is 23.6 Å². The lowest BCUT2D eigenvalue weighted by Gasteiger charge is -2.25. The highest BCUT2D eigenvalue weighted by Crippen LogP contribution is 2.51. The van der Waals surface area contributed by atoms with Crippen molar-refractivity contribution in [3.05, 3.63) is 187 Å². The van der Waals surface area contributed by atoms with E-state index < -0.39 is 24.3 Å². The van der Waals surface area contributed by atoms with E-state index in [1.807, 2.05) is 64.1 Å². The van der Waals surface area contributed by atoms with E-state index in [4.69, 9.17) is 66.8 Å². The monoisotopic (exact) mass is 1080 g/mol. The van der Waals surface area contributed by atoms with E-state index in [0.717, 1.165) is 16.7 Å². The smallest absolute Gasteiger partial charge is 0.450 e. The number of anilines is 4. The second-order valence-electron chi connectivity index (χ2n) is 16.8. The molecule has 0 saturated heterocycles. The van der Waals surface area contributed by atoms with Crippen LogP contribution in [0.15, 0.2) is 121 Å². The SMILES string of the molecule is Cc1ccccc1C(=O)Nc1ccc(C(=O)N2CCCC(O)c3cc(Cl)ccc32)c(C)c1.Cc1ccccc1C(=O)Nc1ccc(C(=O)N2CCCC(OC(=O)O)c3cc(Cl)ccc32)c(C)c1.ClP(Cl)Cl. The number of amides is 4. The lowest BCUT2D eigenvalue weighted by atomic mass is 10.0. The molecule has 8 rings (SSSR count). The number of hydrogen-bond acceptors (Lipinski definition) is 7. The summed E-state index contributed by atoms with van der Waals surface area (Å²) < 4.78 is 5.09. The van der Waals surface area contributed by atoms with Gasteiger partial charge in [-0.3, -0.25) is 19.2 Å². The molecule has 12 nitrogen and oxygen atoms in total. The van der Waals surface area contributed by atoms with Crippen molar-refractivity contribution in [1.29, 1.82) is 0 Å². The van der Waals surface area contributed by atoms with Crippen molar-refractivity contribution in [2.45, 2.75) is 65.6 Å². The van der Waals surface area contributed by atoms with Crippen molar-refractivity contribution < 1.29 is 38.9 Å². The molecule has 0 saturated carbocycles. The molecule has 2 unspecified atom stereocenters. The summed E-state index contributed by atoms with van der Waals surface area (Å²) in [4.78, 5) is 66.9. The molecule has 0 radical (unpaired) electrons. The van der Waals surface area contributed by atoms with Crippen molar-refractivity contribution in [1.82, 2.24) is 0 Å². The third kappa shape index (κ3) is 14.3. The molecule has 0 fully saturated rings. The number of aryl methyl sites for hydroxylation is 4. The number of carbonyl (C=O) groups excluding carboxylic acids is 4. The number of nitrogens with one attached hydrogen (secondary N) is 2. The molecule has 4 N–H and O–H groups in total. The topological polar surface area (TPSA) is 166 Å². The third-order valence-electron chi connectivity index (χ3n) is 11.9. The normalized spacial score (nSPS) is 15.0. The quantitative estimate of drug-likeness (QED) is 0.0906. The van der Waals surface area contributed by atoms with Gasteiger partial charge in [-0.1, -0.05) is 93.3 Å². The average molecular weight is 1080 g/mol. The van der Waals surface area contributed by atoms with Crippen LogP contribution in [0.4, 0.5) is 27.5 Å². The van der Waals surface area contributed by atoms with Gasteiger partial charge in [-0.25, -0.2) is 4.79 Å². The van der Waals surface area contributed by atoms with E-state index in [1.54, 1.807) is 94.7 Å². The largest absolute Gasteiger partial charge is 0.506 e. The molecule has 0 spiro atoms. The van der Waals surface area contributed by atoms with Gasteiger partial charge in [-0.05, 0) is 161 Å². The summed E-state index contributed by atoms with van der Waals surface area (Å²) in [5.41, 5.74) is 9.17. The number of benzene rings is 6. The molecule has 18 heteroatoms. The Kier molecular flexibility index (Phi) is 19.3. The maximum Gasteiger partial charge on any atom is 0.506 e. The average Bonchev–Trinajstić information content (AvgIpc) is 3.59. The Morgan fingerprint density at radius 1 is 0.563 bits per heavy atom. The van der Waals surface area contributed by atoms with Gasteiger partial charge in [-0.2, -0.15) is 0 Å². The summed E-state index contributed by atoms with van der Waals surface area (Å²) in [6.07, 6.45) is -0.491. The molecular formula is C53H50Cl5N4O8P. The molecule has 71 heavy (non-hydrogen) atoms. The maximum atomic E-state index is 13.6. The highest BCUT2D eigenvalue weighted by molar-refractivity contribution is 8.20. The van der Waals surface area contributed by atoms with Gasteiger partial charge in [0.2, 0.25) is 0 Å². The lowest BCUT2D eigenvalue weighted by Crippen LogP contribution is -2.32. The Labute approximate surface area is 437 Å². The van der Waals surface area contributed by atoms with E-state index in [0.29, 0.717) is 111 Å². The van der Waals surface area contributed by atoms with Gasteiger partial charge in [-0.15, -0.1) is 0 Å². The summed E-state index contributed by atoms with van der Waals surface area (Å²) >= 11 is 26.9. The Bertz CT molecular complexity index is 2950. The van der Waals surface area contributed by atoms with Gasteiger partial charge >= 0.3 is 6.16 Å². The van der Waals surface area contributed by atoms with Crippen LogP contribution in [0.25, 0.3) is 0 Å². The zero-order valence-corrected chi connectivity index (χ0v) is 43.7. The second kappa shape index (κ2) is 25.1. The predicted molar refractivity (Wildman–Crippen MR) is 287 cm³/mol. The molecule has 2 heterocycles. The highest BCUT2D eigenvalue weighted by atomic mass is 36.0. The molecule has 0 bridgehead atoms. The highest BCUT2D eigenvalue weighted by Gasteiger charge is 2.31. The van der Waals surface area contributed by atoms with Crippen molar-refractivity contribution >= 4 is 115 Å². The van der Waals surface area contributed by atoms with Crippen LogP contribution in [0.3, 0.4) is 0 Å². The van der Waals surface area contributed by atoms with Crippen molar-refractivity contribution in [3.63, 3.8) is 0 Å².